The summed E-state index contributed by atoms with van der Waals surface area (Å²) in [5, 5.41) is 9.43. The monoisotopic (exact) mass is 188 g/mol. The molecule has 14 heavy (non-hydrogen) atoms. The number of aryl methyl sites for hydroxylation is 1. The maximum absolute atomic E-state index is 13.0. The normalized spacial score (nSPS) is 10.4. The van der Waals surface area contributed by atoms with Crippen molar-refractivity contribution in [3.8, 4) is 6.07 Å². The lowest BCUT2D eigenvalue weighted by Gasteiger charge is -1.95. The first kappa shape index (κ1) is 8.76. The number of hydrogen-bond acceptors (Lipinski definition) is 1. The summed E-state index contributed by atoms with van der Waals surface area (Å²) in [6.45, 7) is 0. The van der Waals surface area contributed by atoms with Crippen molar-refractivity contribution >= 4 is 10.9 Å². The van der Waals surface area contributed by atoms with Crippen LogP contribution < -0.4 is 0 Å². The van der Waals surface area contributed by atoms with Crippen LogP contribution in [-0.4, -0.2) is 4.57 Å². The highest BCUT2D eigenvalue weighted by Crippen LogP contribution is 2.21. The second-order valence-corrected chi connectivity index (χ2v) is 3.26. The van der Waals surface area contributed by atoms with Gasteiger partial charge in [0.15, 0.2) is 0 Å². The van der Waals surface area contributed by atoms with Gasteiger partial charge in [0.05, 0.1) is 12.5 Å². The molecule has 1 heterocycles. The summed E-state index contributed by atoms with van der Waals surface area (Å²) in [6.07, 6.45) is 2.19. The lowest BCUT2D eigenvalue weighted by atomic mass is 10.1. The average molecular weight is 188 g/mol. The zero-order valence-electron chi connectivity index (χ0n) is 7.79. The lowest BCUT2D eigenvalue weighted by molar-refractivity contribution is 0.629. The Kier molecular flexibility index (Phi) is 1.97. The molecule has 0 N–H and O–H groups in total. The fraction of sp³-hybridized carbons (Fsp3) is 0.182. The summed E-state index contributed by atoms with van der Waals surface area (Å²) in [7, 11) is 1.89. The summed E-state index contributed by atoms with van der Waals surface area (Å²) < 4.78 is 14.9. The number of aromatic nitrogens is 1. The maximum Gasteiger partial charge on any atom is 0.123 e. The van der Waals surface area contributed by atoms with Gasteiger partial charge in [0.1, 0.15) is 5.82 Å². The van der Waals surface area contributed by atoms with E-state index < -0.39 is 0 Å². The van der Waals surface area contributed by atoms with Gasteiger partial charge in [-0.2, -0.15) is 5.26 Å². The highest BCUT2D eigenvalue weighted by Gasteiger charge is 2.06. The van der Waals surface area contributed by atoms with Crippen LogP contribution in [0.25, 0.3) is 10.9 Å². The molecule has 0 atom stereocenters. The van der Waals surface area contributed by atoms with Crippen LogP contribution in [0.4, 0.5) is 4.39 Å². The molecule has 0 fully saturated rings. The van der Waals surface area contributed by atoms with E-state index in [9.17, 15) is 4.39 Å². The molecule has 1 aromatic carbocycles. The van der Waals surface area contributed by atoms with Gasteiger partial charge in [0.2, 0.25) is 0 Å². The van der Waals surface area contributed by atoms with E-state index in [1.165, 1.54) is 12.1 Å². The van der Waals surface area contributed by atoms with Gasteiger partial charge < -0.3 is 4.57 Å². The zero-order valence-corrected chi connectivity index (χ0v) is 7.79. The number of benzene rings is 1. The summed E-state index contributed by atoms with van der Waals surface area (Å²) in [5.41, 5.74) is 1.83. The van der Waals surface area contributed by atoms with Gasteiger partial charge in [-0.3, -0.25) is 0 Å². The lowest BCUT2D eigenvalue weighted by Crippen LogP contribution is -1.83. The number of hydrogen-bond donors (Lipinski definition) is 0. The number of nitrogens with zero attached hydrogens (tertiary/aromatic N) is 2. The number of rotatable bonds is 1. The molecule has 0 radical (unpaired) electrons. The Morgan fingerprint density at radius 2 is 2.29 bits per heavy atom. The topological polar surface area (TPSA) is 28.7 Å². The van der Waals surface area contributed by atoms with Gasteiger partial charge in [0, 0.05) is 24.1 Å². The van der Waals surface area contributed by atoms with Gasteiger partial charge in [-0.1, -0.05) is 0 Å². The minimum Gasteiger partial charge on any atom is -0.350 e. The van der Waals surface area contributed by atoms with Crippen LogP contribution in [0.1, 0.15) is 5.56 Å². The Labute approximate surface area is 81.2 Å². The van der Waals surface area contributed by atoms with Crippen LogP contribution in [0.15, 0.2) is 24.4 Å². The Morgan fingerprint density at radius 3 is 3.00 bits per heavy atom. The van der Waals surface area contributed by atoms with E-state index in [0.29, 0.717) is 6.42 Å². The van der Waals surface area contributed by atoms with Crippen LogP contribution in [0.5, 0.6) is 0 Å². The summed E-state index contributed by atoms with van der Waals surface area (Å²) in [5.74, 6) is -0.261. The molecular weight excluding hydrogens is 179 g/mol. The van der Waals surface area contributed by atoms with E-state index in [1.54, 1.807) is 6.07 Å². The van der Waals surface area contributed by atoms with E-state index in [2.05, 4.69) is 6.07 Å². The predicted molar refractivity (Wildman–Crippen MR) is 52.2 cm³/mol. The molecule has 0 saturated heterocycles. The average Bonchev–Trinajstić information content (AvgIpc) is 2.44. The molecule has 2 aromatic rings. The standard InChI is InChI=1S/C11H9FN2/c1-14-7-8(4-5-13)10-6-9(12)2-3-11(10)14/h2-3,6-7H,4H2,1H3. The van der Waals surface area contributed by atoms with Crippen LogP contribution in [0, 0.1) is 17.1 Å². The van der Waals surface area contributed by atoms with Gasteiger partial charge in [-0.05, 0) is 23.8 Å². The SMILES string of the molecule is Cn1cc(CC#N)c2cc(F)ccc21. The quantitative estimate of drug-likeness (QED) is 0.675. The van der Waals surface area contributed by atoms with Crippen LogP contribution in [-0.2, 0) is 13.5 Å². The minimum atomic E-state index is -0.261. The molecular formula is C11H9FN2. The van der Waals surface area contributed by atoms with Crippen molar-refractivity contribution in [2.24, 2.45) is 7.05 Å². The first-order chi connectivity index (χ1) is 6.72. The summed E-state index contributed by atoms with van der Waals surface area (Å²) in [4.78, 5) is 0. The molecule has 0 saturated carbocycles. The van der Waals surface area contributed by atoms with E-state index in [-0.39, 0.29) is 5.82 Å². The fourth-order valence-corrected chi connectivity index (χ4v) is 1.67. The molecule has 0 unspecified atom stereocenters. The Morgan fingerprint density at radius 1 is 1.50 bits per heavy atom. The van der Waals surface area contributed by atoms with E-state index in [4.69, 9.17) is 5.26 Å². The fourth-order valence-electron chi connectivity index (χ4n) is 1.67. The van der Waals surface area contributed by atoms with Crippen molar-refractivity contribution in [2.75, 3.05) is 0 Å². The van der Waals surface area contributed by atoms with Crippen molar-refractivity contribution in [1.82, 2.24) is 4.57 Å². The molecule has 0 bridgehead atoms. The number of halogens is 1. The Hall–Kier alpha value is -1.82. The third-order valence-electron chi connectivity index (χ3n) is 2.30. The molecule has 2 nitrogen and oxygen atoms in total. The molecule has 0 aliphatic carbocycles. The predicted octanol–water partition coefficient (Wildman–Crippen LogP) is 2.38. The van der Waals surface area contributed by atoms with Gasteiger partial charge >= 0.3 is 0 Å². The van der Waals surface area contributed by atoms with E-state index >= 15 is 0 Å². The number of fused-ring (bicyclic) bond motifs is 1. The first-order valence-corrected chi connectivity index (χ1v) is 4.33. The third-order valence-corrected chi connectivity index (χ3v) is 2.30. The van der Waals surface area contributed by atoms with Crippen molar-refractivity contribution < 1.29 is 4.39 Å². The van der Waals surface area contributed by atoms with Crippen molar-refractivity contribution in [3.05, 3.63) is 35.8 Å². The Bertz CT molecular complexity index is 520. The van der Waals surface area contributed by atoms with Crippen LogP contribution in [0.2, 0.25) is 0 Å². The maximum atomic E-state index is 13.0. The molecule has 0 spiro atoms. The largest absolute Gasteiger partial charge is 0.350 e. The van der Waals surface area contributed by atoms with Crippen LogP contribution >= 0.6 is 0 Å². The second-order valence-electron chi connectivity index (χ2n) is 3.26. The first-order valence-electron chi connectivity index (χ1n) is 4.33. The third kappa shape index (κ3) is 1.25. The number of nitriles is 1. The van der Waals surface area contributed by atoms with Gasteiger partial charge in [0.25, 0.3) is 0 Å². The van der Waals surface area contributed by atoms with Crippen molar-refractivity contribution in [1.29, 1.82) is 5.26 Å². The molecule has 3 heteroatoms. The molecule has 1 aromatic heterocycles. The van der Waals surface area contributed by atoms with Gasteiger partial charge in [-0.25, -0.2) is 4.39 Å². The molecule has 2 rings (SSSR count). The summed E-state index contributed by atoms with van der Waals surface area (Å²) in [6, 6.07) is 6.70. The smallest absolute Gasteiger partial charge is 0.123 e. The highest BCUT2D eigenvalue weighted by molar-refractivity contribution is 5.84. The van der Waals surface area contributed by atoms with Crippen LogP contribution in [0.3, 0.4) is 0 Å². The van der Waals surface area contributed by atoms with Crippen molar-refractivity contribution in [2.45, 2.75) is 6.42 Å². The summed E-state index contributed by atoms with van der Waals surface area (Å²) >= 11 is 0. The second kappa shape index (κ2) is 3.15. The minimum absolute atomic E-state index is 0.261. The molecule has 0 amide bonds. The zero-order chi connectivity index (χ0) is 10.1. The molecule has 70 valence electrons. The highest BCUT2D eigenvalue weighted by atomic mass is 19.1. The molecule has 0 aliphatic rings. The van der Waals surface area contributed by atoms with E-state index in [0.717, 1.165) is 16.5 Å². The van der Waals surface area contributed by atoms with E-state index in [1.807, 2.05) is 17.8 Å². The molecule has 0 aliphatic heterocycles. The Balaban J connectivity index is 2.74. The van der Waals surface area contributed by atoms with Gasteiger partial charge in [-0.15, -0.1) is 0 Å². The van der Waals surface area contributed by atoms with Crippen molar-refractivity contribution in [3.63, 3.8) is 0 Å².